The van der Waals surface area contributed by atoms with Crippen molar-refractivity contribution in [1.82, 2.24) is 14.7 Å². The maximum atomic E-state index is 12.9. The number of piperidine rings is 1. The molecule has 0 aromatic carbocycles. The lowest BCUT2D eigenvalue weighted by molar-refractivity contribution is -0.132. The molecule has 2 fully saturated rings. The summed E-state index contributed by atoms with van der Waals surface area (Å²) in [6.07, 6.45) is -4.72. The zero-order valence-electron chi connectivity index (χ0n) is 11.4. The zero-order chi connectivity index (χ0) is 15.4. The van der Waals surface area contributed by atoms with Gasteiger partial charge < -0.3 is 4.90 Å². The topological polar surface area (TPSA) is 38.1 Å². The van der Waals surface area contributed by atoms with Crippen LogP contribution >= 0.6 is 0 Å². The highest BCUT2D eigenvalue weighted by molar-refractivity contribution is 5.76. The number of carbonyl (C=O) groups is 1. The Balaban J connectivity index is 1.68. The monoisotopic (exact) mass is 305 g/mol. The Hall–Kier alpha value is -1.60. The molecule has 1 aromatic rings. The number of likely N-dealkylation sites (tertiary alicyclic amines) is 1. The molecule has 1 amide bonds. The van der Waals surface area contributed by atoms with Crippen molar-refractivity contribution in [1.29, 1.82) is 0 Å². The first-order chi connectivity index (χ1) is 9.83. The van der Waals surface area contributed by atoms with Gasteiger partial charge in [-0.05, 0) is 25.3 Å². The normalized spacial score (nSPS) is 27.6. The van der Waals surface area contributed by atoms with Gasteiger partial charge in [-0.25, -0.2) is 17.6 Å². The maximum absolute atomic E-state index is 12.9. The maximum Gasteiger partial charge on any atom is 0.280 e. The lowest BCUT2D eigenvalue weighted by Crippen LogP contribution is -2.36. The lowest BCUT2D eigenvalue weighted by atomic mass is 10.1. The van der Waals surface area contributed by atoms with E-state index in [-0.39, 0.29) is 31.2 Å². The van der Waals surface area contributed by atoms with Crippen molar-refractivity contribution in [3.05, 3.63) is 17.5 Å². The first-order valence-corrected chi connectivity index (χ1v) is 6.72. The number of carbonyl (C=O) groups excluding carboxylic acids is 1. The molecular formula is C13H15F4N3O. The average Bonchev–Trinajstić information content (AvgIpc) is 2.78. The van der Waals surface area contributed by atoms with Crippen molar-refractivity contribution in [3.63, 3.8) is 0 Å². The molecule has 0 N–H and O–H groups in total. The van der Waals surface area contributed by atoms with Gasteiger partial charge in [0.25, 0.3) is 6.43 Å². The van der Waals surface area contributed by atoms with Crippen molar-refractivity contribution >= 4 is 5.91 Å². The van der Waals surface area contributed by atoms with Crippen LogP contribution in [0, 0.1) is 18.3 Å². The van der Waals surface area contributed by atoms with Gasteiger partial charge in [-0.3, -0.25) is 9.48 Å². The van der Waals surface area contributed by atoms with Gasteiger partial charge in [-0.2, -0.15) is 5.10 Å². The standard InChI is InChI=1S/C13H15F4N3O/c1-7-2-9(11(14)15)20(18-7)5-10(21)19-4-8-3-13(8,6-19)12(16)17/h2,8,11-12H,3-6H2,1H3. The summed E-state index contributed by atoms with van der Waals surface area (Å²) >= 11 is 0. The Kier molecular flexibility index (Phi) is 3.22. The highest BCUT2D eigenvalue weighted by Gasteiger charge is 2.66. The summed E-state index contributed by atoms with van der Waals surface area (Å²) in [7, 11) is 0. The number of fused-ring (bicyclic) bond motifs is 1. The number of hydrogen-bond acceptors (Lipinski definition) is 2. The Morgan fingerprint density at radius 3 is 2.76 bits per heavy atom. The molecular weight excluding hydrogens is 290 g/mol. The van der Waals surface area contributed by atoms with Crippen molar-refractivity contribution in [2.45, 2.75) is 32.7 Å². The summed E-state index contributed by atoms with van der Waals surface area (Å²) in [5, 5.41) is 3.87. The fraction of sp³-hybridized carbons (Fsp3) is 0.692. The van der Waals surface area contributed by atoms with Crippen molar-refractivity contribution in [3.8, 4) is 0 Å². The van der Waals surface area contributed by atoms with Gasteiger partial charge in [-0.15, -0.1) is 0 Å². The van der Waals surface area contributed by atoms with Crippen LogP contribution < -0.4 is 0 Å². The molecule has 2 aliphatic rings. The van der Waals surface area contributed by atoms with Crippen LogP contribution in [0.25, 0.3) is 0 Å². The van der Waals surface area contributed by atoms with Crippen molar-refractivity contribution < 1.29 is 22.4 Å². The second-order valence-corrected chi connectivity index (χ2v) is 5.88. The van der Waals surface area contributed by atoms with Gasteiger partial charge in [-0.1, -0.05) is 0 Å². The minimum Gasteiger partial charge on any atom is -0.340 e. The Labute approximate surface area is 118 Å². The molecule has 1 saturated heterocycles. The molecule has 1 aromatic heterocycles. The van der Waals surface area contributed by atoms with E-state index in [9.17, 15) is 22.4 Å². The average molecular weight is 305 g/mol. The highest BCUT2D eigenvalue weighted by Crippen LogP contribution is 2.61. The first kappa shape index (κ1) is 14.3. The predicted molar refractivity (Wildman–Crippen MR) is 65.0 cm³/mol. The van der Waals surface area contributed by atoms with Crippen LogP contribution in [0.1, 0.15) is 24.2 Å². The molecule has 116 valence electrons. The number of aromatic nitrogens is 2. The third-order valence-electron chi connectivity index (χ3n) is 4.43. The third-order valence-corrected chi connectivity index (χ3v) is 4.43. The van der Waals surface area contributed by atoms with Crippen LogP contribution in [0.5, 0.6) is 0 Å². The molecule has 1 saturated carbocycles. The molecule has 2 heterocycles. The van der Waals surface area contributed by atoms with Gasteiger partial charge in [0.15, 0.2) is 0 Å². The number of hydrogen-bond donors (Lipinski definition) is 0. The fourth-order valence-electron chi connectivity index (χ4n) is 3.15. The molecule has 1 aliphatic carbocycles. The summed E-state index contributed by atoms with van der Waals surface area (Å²) in [6, 6.07) is 1.22. The lowest BCUT2D eigenvalue weighted by Gasteiger charge is -2.21. The zero-order valence-corrected chi connectivity index (χ0v) is 11.4. The second kappa shape index (κ2) is 4.71. The number of rotatable bonds is 4. The minimum atomic E-state index is -2.72. The quantitative estimate of drug-likeness (QED) is 0.800. The van der Waals surface area contributed by atoms with Gasteiger partial charge in [0.2, 0.25) is 12.3 Å². The Bertz CT molecular complexity index is 574. The summed E-state index contributed by atoms with van der Waals surface area (Å²) in [6.45, 7) is 1.52. The molecule has 3 rings (SSSR count). The Morgan fingerprint density at radius 1 is 1.48 bits per heavy atom. The van der Waals surface area contributed by atoms with Gasteiger partial charge in [0.1, 0.15) is 12.2 Å². The summed E-state index contributed by atoms with van der Waals surface area (Å²) < 4.78 is 52.5. The largest absolute Gasteiger partial charge is 0.340 e. The van der Waals surface area contributed by atoms with E-state index in [1.165, 1.54) is 11.0 Å². The molecule has 2 unspecified atom stereocenters. The number of alkyl halides is 4. The van der Waals surface area contributed by atoms with Crippen molar-refractivity contribution in [2.24, 2.45) is 11.3 Å². The van der Waals surface area contributed by atoms with Crippen LogP contribution in [-0.2, 0) is 11.3 Å². The molecule has 4 nitrogen and oxygen atoms in total. The van der Waals surface area contributed by atoms with Gasteiger partial charge in [0.05, 0.1) is 11.1 Å². The molecule has 21 heavy (non-hydrogen) atoms. The van der Waals surface area contributed by atoms with E-state index in [1.54, 1.807) is 6.92 Å². The molecule has 0 spiro atoms. The number of aryl methyl sites for hydroxylation is 1. The van der Waals surface area contributed by atoms with Gasteiger partial charge in [0, 0.05) is 13.1 Å². The summed E-state index contributed by atoms with van der Waals surface area (Å²) in [5.74, 6) is -0.595. The highest BCUT2D eigenvalue weighted by atomic mass is 19.3. The van der Waals surface area contributed by atoms with E-state index < -0.39 is 24.2 Å². The van der Waals surface area contributed by atoms with Crippen LogP contribution in [0.15, 0.2) is 6.07 Å². The van der Waals surface area contributed by atoms with E-state index in [0.717, 1.165) is 4.68 Å². The van der Waals surface area contributed by atoms with Crippen molar-refractivity contribution in [2.75, 3.05) is 13.1 Å². The summed E-state index contributed by atoms with van der Waals surface area (Å²) in [5.41, 5.74) is -0.985. The molecule has 2 atom stereocenters. The van der Waals surface area contributed by atoms with Gasteiger partial charge >= 0.3 is 0 Å². The number of amides is 1. The number of halogens is 4. The first-order valence-electron chi connectivity index (χ1n) is 6.72. The van der Waals surface area contributed by atoms with Crippen LogP contribution in [0.2, 0.25) is 0 Å². The third kappa shape index (κ3) is 2.30. The predicted octanol–water partition coefficient (Wildman–Crippen LogP) is 2.24. The minimum absolute atomic E-state index is 0.0123. The van der Waals surface area contributed by atoms with E-state index in [4.69, 9.17) is 0 Å². The van der Waals surface area contributed by atoms with E-state index in [1.807, 2.05) is 0 Å². The molecule has 0 bridgehead atoms. The van der Waals surface area contributed by atoms with Crippen LogP contribution in [0.3, 0.4) is 0 Å². The van der Waals surface area contributed by atoms with E-state index in [0.29, 0.717) is 12.1 Å². The molecule has 1 aliphatic heterocycles. The van der Waals surface area contributed by atoms with Crippen LogP contribution in [-0.4, -0.2) is 40.1 Å². The van der Waals surface area contributed by atoms with E-state index >= 15 is 0 Å². The smallest absolute Gasteiger partial charge is 0.280 e. The van der Waals surface area contributed by atoms with Crippen LogP contribution in [0.4, 0.5) is 17.6 Å². The fourth-order valence-corrected chi connectivity index (χ4v) is 3.15. The summed E-state index contributed by atoms with van der Waals surface area (Å²) in [4.78, 5) is 13.4. The Morgan fingerprint density at radius 2 is 2.19 bits per heavy atom. The second-order valence-electron chi connectivity index (χ2n) is 5.88. The molecule has 8 heteroatoms. The SMILES string of the molecule is Cc1cc(C(F)F)n(CC(=O)N2CC3CC3(C(F)F)C2)n1. The van der Waals surface area contributed by atoms with E-state index in [2.05, 4.69) is 5.10 Å². The molecule has 0 radical (unpaired) electrons. The number of nitrogens with zero attached hydrogens (tertiary/aromatic N) is 3.